The van der Waals surface area contributed by atoms with Crippen LogP contribution in [-0.4, -0.2) is 37.7 Å². The maximum Gasteiger partial charge on any atom is 0.470 e. The number of para-hydroxylation sites is 1. The van der Waals surface area contributed by atoms with E-state index in [-0.39, 0.29) is 5.91 Å². The number of halogens is 3. The number of benzene rings is 3. The number of nitrogens with zero attached hydrogens (tertiary/aromatic N) is 1. The van der Waals surface area contributed by atoms with Gasteiger partial charge >= 0.3 is 6.30 Å². The summed E-state index contributed by atoms with van der Waals surface area (Å²) in [6.07, 6.45) is -1.87. The molecule has 3 N–H and O–H groups in total. The van der Waals surface area contributed by atoms with Gasteiger partial charge in [-0.3, -0.25) is 4.79 Å². The van der Waals surface area contributed by atoms with Gasteiger partial charge in [-0.05, 0) is 54.4 Å². The van der Waals surface area contributed by atoms with E-state index in [2.05, 4.69) is 21.4 Å². The molecule has 0 aliphatic heterocycles. The van der Waals surface area contributed by atoms with Gasteiger partial charge < -0.3 is 15.0 Å². The molecule has 3 aromatic carbocycles. The third-order valence-corrected chi connectivity index (χ3v) is 7.89. The quantitative estimate of drug-likeness (QED) is 0.179. The van der Waals surface area contributed by atoms with E-state index in [1.54, 1.807) is 7.11 Å². The summed E-state index contributed by atoms with van der Waals surface area (Å²) >= 11 is 1.43. The lowest BCUT2D eigenvalue weighted by molar-refractivity contribution is -0.138. The molecule has 0 saturated heterocycles. The Morgan fingerprint density at radius 2 is 1.68 bits per heavy atom. The van der Waals surface area contributed by atoms with Crippen LogP contribution in [0.3, 0.4) is 0 Å². The fourth-order valence-electron chi connectivity index (χ4n) is 3.80. The average molecular weight is 603 g/mol. The number of nitrogens with one attached hydrogen (secondary N) is 3. The van der Waals surface area contributed by atoms with Crippen molar-refractivity contribution in [1.29, 1.82) is 0 Å². The van der Waals surface area contributed by atoms with E-state index >= 15 is 0 Å². The van der Waals surface area contributed by atoms with Gasteiger partial charge in [0.05, 0.1) is 17.7 Å². The predicted molar refractivity (Wildman–Crippen MR) is 152 cm³/mol. The van der Waals surface area contributed by atoms with Gasteiger partial charge in [-0.25, -0.2) is 13.4 Å². The number of aromatic amines is 1. The summed E-state index contributed by atoms with van der Waals surface area (Å²) in [7, 11) is -2.85. The van der Waals surface area contributed by atoms with Gasteiger partial charge in [0.15, 0.2) is 5.13 Å². The number of rotatable bonds is 8. The topological polar surface area (TPSA) is 113 Å². The second-order valence-corrected chi connectivity index (χ2v) is 11.1. The lowest BCUT2D eigenvalue weighted by Crippen LogP contribution is -2.37. The van der Waals surface area contributed by atoms with E-state index in [0.717, 1.165) is 40.2 Å². The fourth-order valence-corrected chi connectivity index (χ4v) is 5.48. The number of hydrogen-bond acceptors (Lipinski definition) is 6. The first kappa shape index (κ1) is 29.8. The number of alkyl halides is 3. The maximum absolute atomic E-state index is 12.3. The molecule has 0 bridgehead atoms. The Labute approximate surface area is 238 Å². The molecule has 5 rings (SSSR count). The number of amides is 1. The predicted octanol–water partition coefficient (Wildman–Crippen LogP) is 6.36. The summed E-state index contributed by atoms with van der Waals surface area (Å²) in [5, 5.41) is 6.62. The number of H-pyrrole nitrogens is 1. The number of aryl methyl sites for hydroxylation is 1. The van der Waals surface area contributed by atoms with Gasteiger partial charge in [0.1, 0.15) is 5.75 Å². The van der Waals surface area contributed by atoms with Crippen molar-refractivity contribution >= 4 is 43.3 Å². The van der Waals surface area contributed by atoms with Gasteiger partial charge in [-0.1, -0.05) is 36.4 Å². The van der Waals surface area contributed by atoms with Crippen LogP contribution in [0.5, 0.6) is 5.75 Å². The Balaban J connectivity index is 0.000000234. The number of aromatic nitrogens is 2. The van der Waals surface area contributed by atoms with Gasteiger partial charge in [0.25, 0.3) is 0 Å². The van der Waals surface area contributed by atoms with E-state index in [0.29, 0.717) is 22.7 Å². The summed E-state index contributed by atoms with van der Waals surface area (Å²) in [5.74, 6) is 0.774. The number of carbonyl (C=O) groups excluding carboxylic acids is 1. The lowest BCUT2D eigenvalue weighted by Gasteiger charge is -2.08. The molecule has 1 amide bonds. The molecule has 13 heteroatoms. The highest BCUT2D eigenvalue weighted by molar-refractivity contribution is 7.89. The third kappa shape index (κ3) is 8.39. The molecule has 0 radical (unpaired) electrons. The SMILES string of the molecule is COc1ccc(-c2csc(NC(=O)CCc3c[nH]c4ccccc34)n2)cc1.O=S(=O)(NC(F)(F)F)c1ccccc1. The zero-order valence-corrected chi connectivity index (χ0v) is 23.2. The van der Waals surface area contributed by atoms with Crippen LogP contribution in [0, 0.1) is 0 Å². The zero-order valence-electron chi connectivity index (χ0n) is 21.6. The zero-order chi connectivity index (χ0) is 29.5. The molecule has 0 aliphatic rings. The Bertz CT molecular complexity index is 1700. The highest BCUT2D eigenvalue weighted by Crippen LogP contribution is 2.27. The minimum atomic E-state index is -4.95. The first-order valence-corrected chi connectivity index (χ1v) is 14.5. The summed E-state index contributed by atoms with van der Waals surface area (Å²) in [6.45, 7) is 0. The normalized spacial score (nSPS) is 11.5. The number of sulfonamides is 1. The van der Waals surface area contributed by atoms with Crippen LogP contribution in [0.2, 0.25) is 0 Å². The molecule has 41 heavy (non-hydrogen) atoms. The van der Waals surface area contributed by atoms with E-state index in [9.17, 15) is 26.4 Å². The van der Waals surface area contributed by atoms with Gasteiger partial charge in [0.2, 0.25) is 15.9 Å². The number of carbonyl (C=O) groups is 1. The minimum Gasteiger partial charge on any atom is -0.497 e. The molecule has 5 aromatic rings. The lowest BCUT2D eigenvalue weighted by atomic mass is 10.1. The molecule has 0 aliphatic carbocycles. The molecular formula is C28H25F3N4O4S2. The average Bonchev–Trinajstić information content (AvgIpc) is 3.59. The van der Waals surface area contributed by atoms with Crippen molar-refractivity contribution < 1.29 is 31.1 Å². The standard InChI is InChI=1S/C21H19N3O2S.C7H6F3NO2S/c1-26-16-9-6-14(7-10-16)19-13-27-21(23-19)24-20(25)11-8-15-12-22-18-5-3-2-4-17(15)18;8-7(9,10)11-14(12,13)6-4-2-1-3-5-6/h2-7,9-10,12-13,22H,8,11H2,1H3,(H,23,24,25);1-5,11H. The summed E-state index contributed by atoms with van der Waals surface area (Å²) in [4.78, 5) is 19.6. The maximum atomic E-state index is 12.3. The van der Waals surface area contributed by atoms with Crippen molar-refractivity contribution in [1.82, 2.24) is 14.7 Å². The molecule has 0 fully saturated rings. The minimum absolute atomic E-state index is 0.0316. The summed E-state index contributed by atoms with van der Waals surface area (Å²) < 4.78 is 63.0. The molecule has 2 heterocycles. The molecular weight excluding hydrogens is 577 g/mol. The highest BCUT2D eigenvalue weighted by Gasteiger charge is 2.34. The van der Waals surface area contributed by atoms with Crippen LogP contribution in [-0.2, 0) is 21.2 Å². The molecule has 0 spiro atoms. The summed E-state index contributed by atoms with van der Waals surface area (Å²) in [6, 6.07) is 22.2. The Kier molecular flexibility index (Phi) is 9.42. The van der Waals surface area contributed by atoms with E-state index in [4.69, 9.17) is 4.74 Å². The van der Waals surface area contributed by atoms with Gasteiger partial charge in [0, 0.05) is 34.5 Å². The number of methoxy groups -OCH3 is 1. The second kappa shape index (κ2) is 13.0. The van der Waals surface area contributed by atoms with Crippen LogP contribution in [0.15, 0.2) is 95.3 Å². The summed E-state index contributed by atoms with van der Waals surface area (Å²) in [5.41, 5.74) is 4.08. The van der Waals surface area contributed by atoms with Crippen molar-refractivity contribution in [3.63, 3.8) is 0 Å². The van der Waals surface area contributed by atoms with Crippen molar-refractivity contribution in [2.75, 3.05) is 12.4 Å². The first-order valence-electron chi connectivity index (χ1n) is 12.1. The molecule has 8 nitrogen and oxygen atoms in total. The molecule has 0 atom stereocenters. The van der Waals surface area contributed by atoms with Crippen LogP contribution in [0.4, 0.5) is 18.3 Å². The van der Waals surface area contributed by atoms with Crippen molar-refractivity contribution in [2.24, 2.45) is 0 Å². The van der Waals surface area contributed by atoms with Crippen molar-refractivity contribution in [3.8, 4) is 17.0 Å². The van der Waals surface area contributed by atoms with E-state index < -0.39 is 21.2 Å². The largest absolute Gasteiger partial charge is 0.497 e. The van der Waals surface area contributed by atoms with Crippen molar-refractivity contribution in [3.05, 3.63) is 96.0 Å². The van der Waals surface area contributed by atoms with Gasteiger partial charge in [-0.2, -0.15) is 13.2 Å². The molecule has 0 unspecified atom stereocenters. The second-order valence-electron chi connectivity index (χ2n) is 8.59. The number of thiazole rings is 1. The number of fused-ring (bicyclic) bond motifs is 1. The Morgan fingerprint density at radius 1 is 1.00 bits per heavy atom. The third-order valence-electron chi connectivity index (χ3n) is 5.74. The Morgan fingerprint density at radius 3 is 2.37 bits per heavy atom. The molecule has 214 valence electrons. The number of ether oxygens (including phenoxy) is 1. The highest BCUT2D eigenvalue weighted by atomic mass is 32.2. The van der Waals surface area contributed by atoms with Crippen LogP contribution < -0.4 is 14.8 Å². The smallest absolute Gasteiger partial charge is 0.470 e. The molecule has 2 aromatic heterocycles. The first-order chi connectivity index (χ1) is 19.5. The van der Waals surface area contributed by atoms with E-state index in [1.165, 1.54) is 34.9 Å². The van der Waals surface area contributed by atoms with Crippen LogP contribution in [0.25, 0.3) is 22.2 Å². The number of hydrogen-bond donors (Lipinski definition) is 3. The Hall–Kier alpha value is -4.20. The van der Waals surface area contributed by atoms with E-state index in [1.807, 2.05) is 54.0 Å². The van der Waals surface area contributed by atoms with Crippen molar-refractivity contribution in [2.45, 2.75) is 24.0 Å². The van der Waals surface area contributed by atoms with Crippen LogP contribution in [0.1, 0.15) is 12.0 Å². The fraction of sp³-hybridized carbons (Fsp3) is 0.143. The number of anilines is 1. The van der Waals surface area contributed by atoms with Crippen LogP contribution >= 0.6 is 11.3 Å². The molecule has 0 saturated carbocycles. The van der Waals surface area contributed by atoms with Gasteiger partial charge in [-0.15, -0.1) is 16.1 Å². The monoisotopic (exact) mass is 602 g/mol.